The van der Waals surface area contributed by atoms with Crippen LogP contribution in [0.4, 0.5) is 0 Å². The lowest BCUT2D eigenvalue weighted by molar-refractivity contribution is 0.731. The van der Waals surface area contributed by atoms with Gasteiger partial charge in [-0.05, 0) is 25.5 Å². The first-order valence-corrected chi connectivity index (χ1v) is 6.38. The zero-order valence-corrected chi connectivity index (χ0v) is 12.3. The fourth-order valence-corrected chi connectivity index (χ4v) is 2.62. The monoisotopic (exact) mass is 304 g/mol. The Hall–Kier alpha value is -0.900. The van der Waals surface area contributed by atoms with E-state index >= 15 is 0 Å². The lowest BCUT2D eigenvalue weighted by Crippen LogP contribution is -2.13. The van der Waals surface area contributed by atoms with Crippen molar-refractivity contribution in [1.82, 2.24) is 9.78 Å². The number of hydrogen-bond donors (Lipinski definition) is 1. The fraction of sp³-hybridized carbons (Fsp3) is 0.250. The minimum absolute atomic E-state index is 0.162. The van der Waals surface area contributed by atoms with Crippen LogP contribution in [0.5, 0.6) is 0 Å². The van der Waals surface area contributed by atoms with Crippen molar-refractivity contribution in [3.05, 3.63) is 42.7 Å². The minimum atomic E-state index is -0.162. The highest BCUT2D eigenvalue weighted by Crippen LogP contribution is 2.39. The highest BCUT2D eigenvalue weighted by molar-refractivity contribution is 6.45. The maximum Gasteiger partial charge on any atom is 0.274 e. The Kier molecular flexibility index (Phi) is 3.49. The molecular weight excluding hydrogens is 295 g/mol. The predicted molar refractivity (Wildman–Crippen MR) is 76.0 cm³/mol. The van der Waals surface area contributed by atoms with Gasteiger partial charge in [0.15, 0.2) is 0 Å². The Morgan fingerprint density at radius 2 is 1.78 bits per heavy atom. The van der Waals surface area contributed by atoms with Crippen LogP contribution < -0.4 is 5.56 Å². The average Bonchev–Trinajstić information content (AvgIpc) is 2.56. The first-order chi connectivity index (χ1) is 8.34. The summed E-state index contributed by atoms with van der Waals surface area (Å²) in [5.74, 6) is 0. The van der Waals surface area contributed by atoms with E-state index < -0.39 is 0 Å². The first kappa shape index (κ1) is 13.5. The van der Waals surface area contributed by atoms with Crippen LogP contribution in [0.15, 0.2) is 10.9 Å². The smallest absolute Gasteiger partial charge is 0.274 e. The molecule has 0 atom stereocenters. The molecule has 1 aromatic carbocycles. The summed E-state index contributed by atoms with van der Waals surface area (Å²) in [4.78, 5) is 12.0. The van der Waals surface area contributed by atoms with Crippen molar-refractivity contribution < 1.29 is 0 Å². The lowest BCUT2D eigenvalue weighted by atomic mass is 10.0. The Labute approximate surface area is 119 Å². The topological polar surface area (TPSA) is 37.8 Å². The minimum Gasteiger partial charge on any atom is -0.300 e. The van der Waals surface area contributed by atoms with Gasteiger partial charge in [0, 0.05) is 23.3 Å². The number of aromatic nitrogens is 2. The second-order valence-corrected chi connectivity index (χ2v) is 5.30. The van der Waals surface area contributed by atoms with Crippen molar-refractivity contribution >= 4 is 34.8 Å². The molecule has 0 aliphatic heterocycles. The number of nitrogens with one attached hydrogen (secondary N) is 1. The van der Waals surface area contributed by atoms with E-state index in [-0.39, 0.29) is 5.56 Å². The first-order valence-electron chi connectivity index (χ1n) is 5.24. The van der Waals surface area contributed by atoms with Gasteiger partial charge in [-0.15, -0.1) is 0 Å². The normalized spacial score (nSPS) is 11.0. The highest BCUT2D eigenvalue weighted by Gasteiger charge is 2.19. The molecule has 18 heavy (non-hydrogen) atoms. The third kappa shape index (κ3) is 1.96. The van der Waals surface area contributed by atoms with Gasteiger partial charge >= 0.3 is 0 Å². The number of H-pyrrole nitrogens is 1. The molecular formula is C12H11Cl3N2O. The fourth-order valence-electron chi connectivity index (χ4n) is 1.87. The van der Waals surface area contributed by atoms with Gasteiger partial charge in [0.05, 0.1) is 15.6 Å². The van der Waals surface area contributed by atoms with Crippen molar-refractivity contribution in [2.24, 2.45) is 7.05 Å². The van der Waals surface area contributed by atoms with Gasteiger partial charge in [0.1, 0.15) is 0 Å². The van der Waals surface area contributed by atoms with E-state index in [0.29, 0.717) is 31.8 Å². The number of halogens is 3. The molecule has 0 bridgehead atoms. The molecule has 0 unspecified atom stereocenters. The molecule has 0 aliphatic rings. The van der Waals surface area contributed by atoms with Crippen LogP contribution in [-0.4, -0.2) is 9.78 Å². The number of benzene rings is 1. The zero-order valence-electron chi connectivity index (χ0n) is 10.1. The summed E-state index contributed by atoms with van der Waals surface area (Å²) in [6.45, 7) is 3.58. The number of aryl methyl sites for hydroxylation is 2. The van der Waals surface area contributed by atoms with E-state index in [0.717, 1.165) is 5.69 Å². The third-order valence-corrected chi connectivity index (χ3v) is 4.24. The molecule has 0 radical (unpaired) electrons. The van der Waals surface area contributed by atoms with Gasteiger partial charge in [0.2, 0.25) is 0 Å². The molecule has 96 valence electrons. The molecule has 1 heterocycles. The van der Waals surface area contributed by atoms with E-state index in [1.807, 2.05) is 0 Å². The summed E-state index contributed by atoms with van der Waals surface area (Å²) in [6, 6.07) is 1.67. The van der Waals surface area contributed by atoms with E-state index in [4.69, 9.17) is 34.8 Å². The van der Waals surface area contributed by atoms with Crippen LogP contribution in [0.2, 0.25) is 15.1 Å². The quantitative estimate of drug-likeness (QED) is 0.796. The van der Waals surface area contributed by atoms with Crippen molar-refractivity contribution in [3.8, 4) is 11.1 Å². The molecule has 0 saturated heterocycles. The van der Waals surface area contributed by atoms with Gasteiger partial charge in [-0.25, -0.2) is 0 Å². The third-order valence-electron chi connectivity index (χ3n) is 2.89. The molecule has 3 nitrogen and oxygen atoms in total. The maximum atomic E-state index is 12.0. The maximum absolute atomic E-state index is 12.0. The average molecular weight is 306 g/mol. The second-order valence-electron chi connectivity index (χ2n) is 4.13. The van der Waals surface area contributed by atoms with Crippen LogP contribution in [0, 0.1) is 13.8 Å². The number of nitrogens with zero attached hydrogens (tertiary/aromatic N) is 1. The van der Waals surface area contributed by atoms with Crippen LogP contribution in [0.25, 0.3) is 11.1 Å². The number of rotatable bonds is 1. The van der Waals surface area contributed by atoms with Crippen molar-refractivity contribution in [2.75, 3.05) is 0 Å². The molecule has 1 aromatic heterocycles. The van der Waals surface area contributed by atoms with Gasteiger partial charge in [-0.2, -0.15) is 0 Å². The molecule has 2 aromatic rings. The molecule has 6 heteroatoms. The summed E-state index contributed by atoms with van der Waals surface area (Å²) < 4.78 is 1.39. The van der Waals surface area contributed by atoms with Gasteiger partial charge in [0.25, 0.3) is 5.56 Å². The Morgan fingerprint density at radius 3 is 2.28 bits per heavy atom. The Bertz CT molecular complexity index is 686. The predicted octanol–water partition coefficient (Wildman–Crippen LogP) is 3.96. The van der Waals surface area contributed by atoms with E-state index in [1.165, 1.54) is 4.68 Å². The number of aromatic amines is 1. The standard InChI is InChI=1S/C12H11Cl3N2O/c1-5-8(13)4-7(11(15)10(5)14)9-6(2)16-17(3)12(9)18/h4,16H,1-3H3. The summed E-state index contributed by atoms with van der Waals surface area (Å²) >= 11 is 18.4. The summed E-state index contributed by atoms with van der Waals surface area (Å²) in [5.41, 5.74) is 2.31. The van der Waals surface area contributed by atoms with Crippen molar-refractivity contribution in [1.29, 1.82) is 0 Å². The van der Waals surface area contributed by atoms with E-state index in [9.17, 15) is 4.79 Å². The van der Waals surface area contributed by atoms with Crippen LogP contribution in [0.3, 0.4) is 0 Å². The SMILES string of the molecule is Cc1[nH]n(C)c(=O)c1-c1cc(Cl)c(C)c(Cl)c1Cl. The van der Waals surface area contributed by atoms with Crippen LogP contribution in [0.1, 0.15) is 11.3 Å². The summed E-state index contributed by atoms with van der Waals surface area (Å²) in [5, 5.41) is 4.12. The molecule has 0 aliphatic carbocycles. The van der Waals surface area contributed by atoms with Crippen molar-refractivity contribution in [3.63, 3.8) is 0 Å². The highest BCUT2D eigenvalue weighted by atomic mass is 35.5. The summed E-state index contributed by atoms with van der Waals surface area (Å²) in [6.07, 6.45) is 0. The van der Waals surface area contributed by atoms with Crippen LogP contribution >= 0.6 is 34.8 Å². The Balaban J connectivity index is 2.84. The van der Waals surface area contributed by atoms with Gasteiger partial charge in [-0.1, -0.05) is 34.8 Å². The molecule has 1 N–H and O–H groups in total. The molecule has 0 amide bonds. The second kappa shape index (κ2) is 4.65. The molecule has 0 fully saturated rings. The molecule has 0 spiro atoms. The lowest BCUT2D eigenvalue weighted by Gasteiger charge is -2.09. The summed E-state index contributed by atoms with van der Waals surface area (Å²) in [7, 11) is 1.64. The molecule has 2 rings (SSSR count). The molecule has 0 saturated carbocycles. The van der Waals surface area contributed by atoms with Crippen LogP contribution in [-0.2, 0) is 7.05 Å². The van der Waals surface area contributed by atoms with E-state index in [2.05, 4.69) is 5.10 Å². The number of hydrogen-bond acceptors (Lipinski definition) is 1. The Morgan fingerprint density at radius 1 is 1.17 bits per heavy atom. The zero-order chi connectivity index (χ0) is 13.6. The van der Waals surface area contributed by atoms with Crippen molar-refractivity contribution in [2.45, 2.75) is 13.8 Å². The largest absolute Gasteiger partial charge is 0.300 e. The van der Waals surface area contributed by atoms with Gasteiger partial charge < -0.3 is 0 Å². The van der Waals surface area contributed by atoms with E-state index in [1.54, 1.807) is 27.0 Å². The van der Waals surface area contributed by atoms with Gasteiger partial charge in [-0.3, -0.25) is 14.6 Å².